The first-order chi connectivity index (χ1) is 14.1. The maximum Gasteiger partial charge on any atom is 0.387 e. The lowest BCUT2D eigenvalue weighted by Gasteiger charge is -2.24. The first-order valence-corrected chi connectivity index (χ1v) is 9.96. The molecule has 0 aromatic heterocycles. The van der Waals surface area contributed by atoms with E-state index in [0.29, 0.717) is 11.5 Å². The van der Waals surface area contributed by atoms with Crippen LogP contribution in [0.25, 0.3) is 0 Å². The molecule has 0 N–H and O–H groups in total. The van der Waals surface area contributed by atoms with Gasteiger partial charge in [0.15, 0.2) is 0 Å². The van der Waals surface area contributed by atoms with Gasteiger partial charge in [-0.2, -0.15) is 8.78 Å². The van der Waals surface area contributed by atoms with E-state index in [2.05, 4.69) is 4.74 Å². The van der Waals surface area contributed by atoms with Gasteiger partial charge in [0.25, 0.3) is 0 Å². The molecule has 3 aromatic rings. The van der Waals surface area contributed by atoms with Crippen LogP contribution in [0.5, 0.6) is 17.2 Å². The van der Waals surface area contributed by atoms with Crippen molar-refractivity contribution in [3.63, 3.8) is 0 Å². The molecular weight excluding hydrogens is 396 g/mol. The molecule has 4 nitrogen and oxygen atoms in total. The van der Waals surface area contributed by atoms with E-state index >= 15 is 0 Å². The molecule has 3 aromatic carbocycles. The van der Waals surface area contributed by atoms with Gasteiger partial charge in [0.2, 0.25) is 5.91 Å². The van der Waals surface area contributed by atoms with Crippen LogP contribution in [0.3, 0.4) is 0 Å². The van der Waals surface area contributed by atoms with E-state index in [0.717, 1.165) is 17.0 Å². The van der Waals surface area contributed by atoms with E-state index < -0.39 is 6.61 Å². The van der Waals surface area contributed by atoms with Gasteiger partial charge in [-0.05, 0) is 54.1 Å². The summed E-state index contributed by atoms with van der Waals surface area (Å²) < 4.78 is 34.9. The molecular formula is C22H17F2NO3S. The highest BCUT2D eigenvalue weighted by Gasteiger charge is 2.34. The number of rotatable bonds is 6. The van der Waals surface area contributed by atoms with E-state index in [1.807, 2.05) is 54.6 Å². The monoisotopic (exact) mass is 413 g/mol. The molecule has 1 saturated heterocycles. The van der Waals surface area contributed by atoms with E-state index in [-0.39, 0.29) is 17.0 Å². The van der Waals surface area contributed by atoms with Gasteiger partial charge < -0.3 is 9.47 Å². The molecule has 1 atom stereocenters. The number of carbonyl (C=O) groups is 1. The molecule has 29 heavy (non-hydrogen) atoms. The topological polar surface area (TPSA) is 38.8 Å². The Bertz CT molecular complexity index is 966. The lowest BCUT2D eigenvalue weighted by molar-refractivity contribution is -0.115. The molecule has 0 saturated carbocycles. The lowest BCUT2D eigenvalue weighted by atomic mass is 10.1. The summed E-state index contributed by atoms with van der Waals surface area (Å²) in [4.78, 5) is 14.2. The van der Waals surface area contributed by atoms with Crippen molar-refractivity contribution >= 4 is 23.4 Å². The molecule has 0 bridgehead atoms. The minimum absolute atomic E-state index is 0.00960. The third-order valence-corrected chi connectivity index (χ3v) is 5.56. The second-order valence-electron chi connectivity index (χ2n) is 6.28. The van der Waals surface area contributed by atoms with Crippen molar-refractivity contribution in [3.8, 4) is 17.2 Å². The van der Waals surface area contributed by atoms with Crippen LogP contribution in [0, 0.1) is 0 Å². The van der Waals surface area contributed by atoms with Crippen molar-refractivity contribution in [2.45, 2.75) is 12.0 Å². The first-order valence-electron chi connectivity index (χ1n) is 8.91. The quantitative estimate of drug-likeness (QED) is 0.507. The van der Waals surface area contributed by atoms with Crippen LogP contribution >= 0.6 is 11.8 Å². The number of carbonyl (C=O) groups excluding carboxylic acids is 1. The summed E-state index contributed by atoms with van der Waals surface area (Å²) in [5, 5.41) is -0.232. The van der Waals surface area contributed by atoms with Crippen molar-refractivity contribution < 1.29 is 23.0 Å². The Morgan fingerprint density at radius 1 is 0.862 bits per heavy atom. The summed E-state index contributed by atoms with van der Waals surface area (Å²) in [6.07, 6.45) is 0. The predicted molar refractivity (Wildman–Crippen MR) is 109 cm³/mol. The van der Waals surface area contributed by atoms with Gasteiger partial charge in [-0.3, -0.25) is 9.69 Å². The molecule has 7 heteroatoms. The van der Waals surface area contributed by atoms with E-state index in [1.54, 1.807) is 17.0 Å². The molecule has 148 valence electrons. The fourth-order valence-electron chi connectivity index (χ4n) is 3.06. The average molecular weight is 413 g/mol. The van der Waals surface area contributed by atoms with Crippen LogP contribution < -0.4 is 14.4 Å². The summed E-state index contributed by atoms with van der Waals surface area (Å²) in [7, 11) is 0. The summed E-state index contributed by atoms with van der Waals surface area (Å²) >= 11 is 1.49. The number of benzene rings is 3. The maximum atomic E-state index is 12.5. The van der Waals surface area contributed by atoms with Gasteiger partial charge in [0.05, 0.1) is 5.75 Å². The largest absolute Gasteiger partial charge is 0.457 e. The Kier molecular flexibility index (Phi) is 5.67. The van der Waals surface area contributed by atoms with E-state index in [9.17, 15) is 13.6 Å². The zero-order valence-electron chi connectivity index (χ0n) is 15.2. The normalized spacial score (nSPS) is 16.3. The number of alkyl halides is 2. The highest BCUT2D eigenvalue weighted by Crippen LogP contribution is 2.42. The summed E-state index contributed by atoms with van der Waals surface area (Å²) in [5.74, 6) is 1.83. The highest BCUT2D eigenvalue weighted by molar-refractivity contribution is 8.00. The standard InChI is InChI=1S/C22H17F2NO3S/c23-22(24)28-19-10-6-15(7-11-19)21-25(20(26)14-29-21)16-8-12-18(13-9-16)27-17-4-2-1-3-5-17/h1-13,21-22H,14H2/t21-/m1/s1. The van der Waals surface area contributed by atoms with Crippen molar-refractivity contribution in [3.05, 3.63) is 84.4 Å². The second-order valence-corrected chi connectivity index (χ2v) is 7.35. The number of anilines is 1. The molecule has 1 heterocycles. The van der Waals surface area contributed by atoms with Gasteiger partial charge in [-0.25, -0.2) is 0 Å². The smallest absolute Gasteiger partial charge is 0.387 e. The SMILES string of the molecule is O=C1CS[C@H](c2ccc(OC(F)F)cc2)N1c1ccc(Oc2ccccc2)cc1. The Labute approximate surface area is 171 Å². The van der Waals surface area contributed by atoms with Crippen molar-refractivity contribution in [2.24, 2.45) is 0 Å². The molecule has 1 aliphatic rings. The van der Waals surface area contributed by atoms with Gasteiger partial charge >= 0.3 is 6.61 Å². The molecule has 4 rings (SSSR count). The number of hydrogen-bond donors (Lipinski definition) is 0. The van der Waals surface area contributed by atoms with E-state index in [1.165, 1.54) is 23.9 Å². The van der Waals surface area contributed by atoms with Crippen molar-refractivity contribution in [1.29, 1.82) is 0 Å². The van der Waals surface area contributed by atoms with Gasteiger partial charge in [-0.1, -0.05) is 30.3 Å². The molecule has 0 aliphatic carbocycles. The van der Waals surface area contributed by atoms with Crippen LogP contribution in [-0.4, -0.2) is 18.3 Å². The summed E-state index contributed by atoms with van der Waals surface area (Å²) in [6, 6.07) is 23.1. The Morgan fingerprint density at radius 2 is 1.48 bits per heavy atom. The summed E-state index contributed by atoms with van der Waals surface area (Å²) in [6.45, 7) is -2.86. The Balaban J connectivity index is 1.52. The van der Waals surface area contributed by atoms with Crippen LogP contribution in [-0.2, 0) is 4.79 Å². The number of amides is 1. The minimum atomic E-state index is -2.86. The van der Waals surface area contributed by atoms with E-state index in [4.69, 9.17) is 4.74 Å². The number of halogens is 2. The van der Waals surface area contributed by atoms with Crippen LogP contribution in [0.2, 0.25) is 0 Å². The number of nitrogens with zero attached hydrogens (tertiary/aromatic N) is 1. The molecule has 0 unspecified atom stereocenters. The number of thioether (sulfide) groups is 1. The molecule has 1 aliphatic heterocycles. The zero-order valence-corrected chi connectivity index (χ0v) is 16.0. The second kappa shape index (κ2) is 8.53. The highest BCUT2D eigenvalue weighted by atomic mass is 32.2. The number of hydrogen-bond acceptors (Lipinski definition) is 4. The first kappa shape index (κ1) is 19.3. The molecule has 1 fully saturated rings. The van der Waals surface area contributed by atoms with Gasteiger partial charge in [0, 0.05) is 5.69 Å². The predicted octanol–water partition coefficient (Wildman–Crippen LogP) is 5.86. The van der Waals surface area contributed by atoms with Crippen molar-refractivity contribution in [2.75, 3.05) is 10.7 Å². The Hall–Kier alpha value is -3.06. The third-order valence-electron chi connectivity index (χ3n) is 4.35. The van der Waals surface area contributed by atoms with Crippen LogP contribution in [0.4, 0.5) is 14.5 Å². The summed E-state index contributed by atoms with van der Waals surface area (Å²) in [5.41, 5.74) is 1.59. The number of ether oxygens (including phenoxy) is 2. The number of para-hydroxylation sites is 1. The fraction of sp³-hybridized carbons (Fsp3) is 0.136. The third kappa shape index (κ3) is 4.51. The average Bonchev–Trinajstić information content (AvgIpc) is 3.11. The van der Waals surface area contributed by atoms with Crippen LogP contribution in [0.1, 0.15) is 10.9 Å². The Morgan fingerprint density at radius 3 is 2.14 bits per heavy atom. The van der Waals surface area contributed by atoms with Gasteiger partial charge in [0.1, 0.15) is 22.6 Å². The molecule has 1 amide bonds. The van der Waals surface area contributed by atoms with Crippen molar-refractivity contribution in [1.82, 2.24) is 0 Å². The van der Waals surface area contributed by atoms with Gasteiger partial charge in [-0.15, -0.1) is 11.8 Å². The maximum absolute atomic E-state index is 12.5. The van der Waals surface area contributed by atoms with Crippen LogP contribution in [0.15, 0.2) is 78.9 Å². The lowest BCUT2D eigenvalue weighted by Crippen LogP contribution is -2.27. The zero-order chi connectivity index (χ0) is 20.2. The molecule has 0 spiro atoms. The minimum Gasteiger partial charge on any atom is -0.457 e. The fourth-order valence-corrected chi connectivity index (χ4v) is 4.24. The molecule has 0 radical (unpaired) electrons.